The second-order valence-electron chi connectivity index (χ2n) is 5.21. The third-order valence-corrected chi connectivity index (χ3v) is 4.82. The van der Waals surface area contributed by atoms with Gasteiger partial charge in [-0.2, -0.15) is 0 Å². The number of rotatable bonds is 3. The van der Waals surface area contributed by atoms with Crippen LogP contribution in [0.5, 0.6) is 0 Å². The van der Waals surface area contributed by atoms with E-state index < -0.39 is 4.87 Å². The quantitative estimate of drug-likeness (QED) is 0.929. The van der Waals surface area contributed by atoms with Gasteiger partial charge in [0.2, 0.25) is 0 Å². The Balaban J connectivity index is 2.21. The van der Waals surface area contributed by atoms with E-state index in [0.717, 1.165) is 16.7 Å². The molecule has 1 atom stereocenters. The molecule has 0 bridgehead atoms. The van der Waals surface area contributed by atoms with Gasteiger partial charge in [0, 0.05) is 16.4 Å². The first-order valence-electron chi connectivity index (χ1n) is 6.79. The van der Waals surface area contributed by atoms with E-state index in [1.54, 1.807) is 11.8 Å². The van der Waals surface area contributed by atoms with Crippen molar-refractivity contribution in [2.45, 2.75) is 24.0 Å². The topological polar surface area (TPSA) is 29.1 Å². The van der Waals surface area contributed by atoms with Gasteiger partial charge in [-0.05, 0) is 11.6 Å². The summed E-state index contributed by atoms with van der Waals surface area (Å²) in [4.78, 5) is 11.8. The molecule has 1 aliphatic heterocycles. The van der Waals surface area contributed by atoms with Gasteiger partial charge in [0.15, 0.2) is 0 Å². The lowest BCUT2D eigenvalue weighted by Crippen LogP contribution is -2.38. The number of nitrogens with one attached hydrogen (secondary N) is 1. The second kappa shape index (κ2) is 4.98. The van der Waals surface area contributed by atoms with E-state index >= 15 is 0 Å². The van der Waals surface area contributed by atoms with Crippen molar-refractivity contribution in [1.29, 1.82) is 0 Å². The first-order chi connectivity index (χ1) is 9.63. The summed E-state index contributed by atoms with van der Waals surface area (Å²) < 4.78 is 0. The SMILES string of the molecule is CC(C)S[C@@]1(c2ccccc2)NC(=O)c2ccccc21. The largest absolute Gasteiger partial charge is 0.330 e. The number of hydrogen-bond acceptors (Lipinski definition) is 2. The summed E-state index contributed by atoms with van der Waals surface area (Å²) in [5.41, 5.74) is 2.97. The number of thioether (sulfide) groups is 1. The van der Waals surface area contributed by atoms with Crippen LogP contribution in [0.1, 0.15) is 35.3 Å². The molecule has 2 aromatic rings. The molecule has 0 unspecified atom stereocenters. The van der Waals surface area contributed by atoms with E-state index in [9.17, 15) is 4.79 Å². The molecular weight excluding hydrogens is 266 g/mol. The summed E-state index contributed by atoms with van der Waals surface area (Å²) in [6, 6.07) is 18.1. The summed E-state index contributed by atoms with van der Waals surface area (Å²) in [7, 11) is 0. The lowest BCUT2D eigenvalue weighted by molar-refractivity contribution is 0.0956. The zero-order chi connectivity index (χ0) is 14.2. The maximum Gasteiger partial charge on any atom is 0.253 e. The fourth-order valence-corrected chi connectivity index (χ4v) is 4.13. The zero-order valence-corrected chi connectivity index (χ0v) is 12.4. The summed E-state index contributed by atoms with van der Waals surface area (Å²) in [6.07, 6.45) is 0. The minimum Gasteiger partial charge on any atom is -0.330 e. The normalized spacial score (nSPS) is 20.9. The molecule has 0 aromatic heterocycles. The molecule has 3 rings (SSSR count). The van der Waals surface area contributed by atoms with Crippen molar-refractivity contribution in [3.8, 4) is 0 Å². The molecule has 0 radical (unpaired) electrons. The number of carbonyl (C=O) groups excluding carboxylic acids is 1. The fourth-order valence-electron chi connectivity index (χ4n) is 2.70. The summed E-state index contributed by atoms with van der Waals surface area (Å²) >= 11 is 1.78. The van der Waals surface area contributed by atoms with Crippen LogP contribution >= 0.6 is 11.8 Å². The third-order valence-electron chi connectivity index (χ3n) is 3.43. The second-order valence-corrected chi connectivity index (χ2v) is 7.00. The van der Waals surface area contributed by atoms with Crippen molar-refractivity contribution in [2.24, 2.45) is 0 Å². The smallest absolute Gasteiger partial charge is 0.253 e. The molecule has 20 heavy (non-hydrogen) atoms. The van der Waals surface area contributed by atoms with Crippen LogP contribution in [0.4, 0.5) is 0 Å². The monoisotopic (exact) mass is 283 g/mol. The van der Waals surface area contributed by atoms with Gasteiger partial charge in [-0.15, -0.1) is 11.8 Å². The average molecular weight is 283 g/mol. The Morgan fingerprint density at radius 2 is 1.65 bits per heavy atom. The van der Waals surface area contributed by atoms with E-state index in [1.807, 2.05) is 36.4 Å². The van der Waals surface area contributed by atoms with Crippen molar-refractivity contribution < 1.29 is 4.79 Å². The highest BCUT2D eigenvalue weighted by Gasteiger charge is 2.45. The van der Waals surface area contributed by atoms with E-state index in [1.165, 1.54) is 0 Å². The van der Waals surface area contributed by atoms with E-state index in [2.05, 4.69) is 37.4 Å². The van der Waals surface area contributed by atoms with Crippen LogP contribution in [0.2, 0.25) is 0 Å². The van der Waals surface area contributed by atoms with Crippen molar-refractivity contribution >= 4 is 17.7 Å². The molecule has 3 heteroatoms. The molecule has 1 N–H and O–H groups in total. The van der Waals surface area contributed by atoms with Crippen molar-refractivity contribution in [1.82, 2.24) is 5.32 Å². The highest BCUT2D eigenvalue weighted by atomic mass is 32.2. The van der Waals surface area contributed by atoms with E-state index in [-0.39, 0.29) is 5.91 Å². The lowest BCUT2D eigenvalue weighted by atomic mass is 9.98. The molecule has 0 saturated heterocycles. The van der Waals surface area contributed by atoms with Crippen LogP contribution in [-0.2, 0) is 4.87 Å². The van der Waals surface area contributed by atoms with Gasteiger partial charge < -0.3 is 5.32 Å². The summed E-state index contributed by atoms with van der Waals surface area (Å²) in [6.45, 7) is 4.31. The molecule has 0 saturated carbocycles. The first kappa shape index (κ1) is 13.3. The molecule has 2 nitrogen and oxygen atoms in total. The van der Waals surface area contributed by atoms with Crippen LogP contribution in [-0.4, -0.2) is 11.2 Å². The fraction of sp³-hybridized carbons (Fsp3) is 0.235. The van der Waals surface area contributed by atoms with Gasteiger partial charge in [0.25, 0.3) is 5.91 Å². The van der Waals surface area contributed by atoms with Gasteiger partial charge in [0.05, 0.1) is 0 Å². The molecule has 2 aromatic carbocycles. The van der Waals surface area contributed by atoms with Crippen LogP contribution in [0.25, 0.3) is 0 Å². The summed E-state index contributed by atoms with van der Waals surface area (Å²) in [5, 5.41) is 3.61. The first-order valence-corrected chi connectivity index (χ1v) is 7.67. The minimum atomic E-state index is -0.469. The van der Waals surface area contributed by atoms with Crippen molar-refractivity contribution in [2.75, 3.05) is 0 Å². The Labute approximate surface area is 123 Å². The maximum absolute atomic E-state index is 12.3. The number of benzene rings is 2. The van der Waals surface area contributed by atoms with Gasteiger partial charge in [-0.25, -0.2) is 0 Å². The molecule has 0 spiro atoms. The number of fused-ring (bicyclic) bond motifs is 1. The predicted octanol–water partition coefficient (Wildman–Crippen LogP) is 3.77. The Morgan fingerprint density at radius 3 is 2.35 bits per heavy atom. The van der Waals surface area contributed by atoms with Crippen molar-refractivity contribution in [3.05, 3.63) is 71.3 Å². The Morgan fingerprint density at radius 1 is 1.00 bits per heavy atom. The Kier molecular flexibility index (Phi) is 3.30. The van der Waals surface area contributed by atoms with E-state index in [4.69, 9.17) is 0 Å². The molecule has 0 fully saturated rings. The zero-order valence-electron chi connectivity index (χ0n) is 11.6. The van der Waals surface area contributed by atoms with Crippen LogP contribution < -0.4 is 5.32 Å². The number of hydrogen-bond donors (Lipinski definition) is 1. The molecular formula is C17H17NOS. The average Bonchev–Trinajstić information content (AvgIpc) is 2.74. The van der Waals surface area contributed by atoms with Crippen LogP contribution in [0.15, 0.2) is 54.6 Å². The minimum absolute atomic E-state index is 0.0117. The maximum atomic E-state index is 12.3. The number of amides is 1. The van der Waals surface area contributed by atoms with Gasteiger partial charge in [-0.1, -0.05) is 62.4 Å². The highest BCUT2D eigenvalue weighted by molar-refractivity contribution is 8.01. The van der Waals surface area contributed by atoms with E-state index in [0.29, 0.717) is 5.25 Å². The standard InChI is InChI=1S/C17H17NOS/c1-12(2)20-17(13-8-4-3-5-9-13)15-11-7-6-10-14(15)16(19)18-17/h3-12H,1-2H3,(H,18,19)/t17-/m1/s1. The lowest BCUT2D eigenvalue weighted by Gasteiger charge is -2.32. The predicted molar refractivity (Wildman–Crippen MR) is 83.9 cm³/mol. The molecule has 1 amide bonds. The molecule has 1 aliphatic rings. The van der Waals surface area contributed by atoms with Gasteiger partial charge >= 0.3 is 0 Å². The van der Waals surface area contributed by atoms with Crippen molar-refractivity contribution in [3.63, 3.8) is 0 Å². The van der Waals surface area contributed by atoms with Crippen LogP contribution in [0, 0.1) is 0 Å². The third kappa shape index (κ3) is 2.02. The Hall–Kier alpha value is -1.74. The highest BCUT2D eigenvalue weighted by Crippen LogP contribution is 2.47. The number of carbonyl (C=O) groups is 1. The summed E-state index contributed by atoms with van der Waals surface area (Å²) in [5.74, 6) is 0.0117. The Bertz CT molecular complexity index is 638. The van der Waals surface area contributed by atoms with Gasteiger partial charge in [0.1, 0.15) is 4.87 Å². The van der Waals surface area contributed by atoms with Crippen LogP contribution in [0.3, 0.4) is 0 Å². The molecule has 1 heterocycles. The molecule has 0 aliphatic carbocycles. The van der Waals surface area contributed by atoms with Gasteiger partial charge in [-0.3, -0.25) is 4.79 Å². The molecule has 102 valence electrons.